The van der Waals surface area contributed by atoms with Gasteiger partial charge in [0.25, 0.3) is 5.91 Å². The monoisotopic (exact) mass is 315 g/mol. The Kier molecular flexibility index (Phi) is 3.49. The highest BCUT2D eigenvalue weighted by Gasteiger charge is 2.36. The van der Waals surface area contributed by atoms with Gasteiger partial charge in [-0.25, -0.2) is 0 Å². The van der Waals surface area contributed by atoms with Gasteiger partial charge in [-0.2, -0.15) is 5.10 Å². The molecule has 0 radical (unpaired) electrons. The summed E-state index contributed by atoms with van der Waals surface area (Å²) in [6.45, 7) is 5.55. The Morgan fingerprint density at radius 2 is 2.26 bits per heavy atom. The van der Waals surface area contributed by atoms with E-state index in [4.69, 9.17) is 9.15 Å². The summed E-state index contributed by atoms with van der Waals surface area (Å²) < 4.78 is 11.1. The number of amides is 1. The third-order valence-corrected chi connectivity index (χ3v) is 4.75. The van der Waals surface area contributed by atoms with Gasteiger partial charge < -0.3 is 14.1 Å². The quantitative estimate of drug-likeness (QED) is 0.943. The maximum absolute atomic E-state index is 12.7. The number of furan rings is 1. The van der Waals surface area contributed by atoms with Gasteiger partial charge in [-0.1, -0.05) is 0 Å². The van der Waals surface area contributed by atoms with Crippen LogP contribution in [0.3, 0.4) is 0 Å². The van der Waals surface area contributed by atoms with Crippen molar-refractivity contribution in [2.45, 2.75) is 38.9 Å². The Labute approximate surface area is 134 Å². The minimum Gasteiger partial charge on any atom is -0.469 e. The maximum atomic E-state index is 12.7. The molecule has 1 N–H and O–H groups in total. The Morgan fingerprint density at radius 3 is 3.00 bits per heavy atom. The Morgan fingerprint density at radius 1 is 1.43 bits per heavy atom. The van der Waals surface area contributed by atoms with Crippen molar-refractivity contribution >= 4 is 5.91 Å². The molecule has 2 aromatic rings. The number of aromatic amines is 1. The molecule has 1 saturated heterocycles. The number of rotatable bonds is 3. The number of fused-ring (bicyclic) bond motifs is 1. The molecule has 2 atom stereocenters. The van der Waals surface area contributed by atoms with Gasteiger partial charge in [0, 0.05) is 37.4 Å². The number of carbonyl (C=O) groups is 1. The zero-order chi connectivity index (χ0) is 16.0. The van der Waals surface area contributed by atoms with Crippen molar-refractivity contribution < 1.29 is 13.9 Å². The van der Waals surface area contributed by atoms with Gasteiger partial charge in [0.05, 0.1) is 24.2 Å². The minimum absolute atomic E-state index is 0.0273. The molecule has 4 heterocycles. The number of hydrogen-bond donors (Lipinski definition) is 1. The van der Waals surface area contributed by atoms with E-state index < -0.39 is 0 Å². The summed E-state index contributed by atoms with van der Waals surface area (Å²) in [7, 11) is 0. The zero-order valence-electron chi connectivity index (χ0n) is 13.4. The molecule has 0 aromatic carbocycles. The topological polar surface area (TPSA) is 71.4 Å². The lowest BCUT2D eigenvalue weighted by Gasteiger charge is -2.39. The number of aromatic nitrogens is 2. The normalized spacial score (nSPS) is 24.3. The summed E-state index contributed by atoms with van der Waals surface area (Å²) >= 11 is 0. The molecule has 23 heavy (non-hydrogen) atoms. The third kappa shape index (κ3) is 2.57. The second kappa shape index (κ2) is 5.53. The summed E-state index contributed by atoms with van der Waals surface area (Å²) in [4.78, 5) is 14.6. The van der Waals surface area contributed by atoms with E-state index in [-0.39, 0.29) is 18.1 Å². The SMILES string of the molecule is C[C@@H]1Cc2c(C(=O)N3CC(Cc4ccco4)C3)n[nH]c2[C@H](C)O1. The molecule has 0 spiro atoms. The minimum atomic E-state index is -0.0362. The molecule has 2 aliphatic rings. The molecule has 0 bridgehead atoms. The van der Waals surface area contributed by atoms with E-state index in [0.717, 1.165) is 42.9 Å². The van der Waals surface area contributed by atoms with Crippen molar-refractivity contribution in [1.29, 1.82) is 0 Å². The fourth-order valence-electron chi connectivity index (χ4n) is 3.58. The summed E-state index contributed by atoms with van der Waals surface area (Å²) in [5.74, 6) is 1.49. The molecule has 0 saturated carbocycles. The lowest BCUT2D eigenvalue weighted by Crippen LogP contribution is -2.51. The predicted molar refractivity (Wildman–Crippen MR) is 83.1 cm³/mol. The number of likely N-dealkylation sites (tertiary alicyclic amines) is 1. The molecule has 1 fully saturated rings. The highest BCUT2D eigenvalue weighted by atomic mass is 16.5. The molecule has 6 heteroatoms. The van der Waals surface area contributed by atoms with Gasteiger partial charge in [-0.3, -0.25) is 9.89 Å². The average molecular weight is 315 g/mol. The van der Waals surface area contributed by atoms with E-state index >= 15 is 0 Å². The second-order valence-electron chi connectivity index (χ2n) is 6.62. The Hall–Kier alpha value is -2.08. The van der Waals surface area contributed by atoms with Gasteiger partial charge in [-0.05, 0) is 26.0 Å². The van der Waals surface area contributed by atoms with Crippen molar-refractivity contribution in [3.63, 3.8) is 0 Å². The molecular formula is C17H21N3O3. The molecule has 2 aliphatic heterocycles. The molecule has 4 rings (SSSR count). The summed E-state index contributed by atoms with van der Waals surface area (Å²) in [5, 5.41) is 7.26. The molecule has 0 aliphatic carbocycles. The second-order valence-corrected chi connectivity index (χ2v) is 6.62. The van der Waals surface area contributed by atoms with Crippen molar-refractivity contribution in [1.82, 2.24) is 15.1 Å². The van der Waals surface area contributed by atoms with Crippen molar-refractivity contribution in [3.8, 4) is 0 Å². The predicted octanol–water partition coefficient (Wildman–Crippen LogP) is 2.34. The third-order valence-electron chi connectivity index (χ3n) is 4.75. The average Bonchev–Trinajstić information content (AvgIpc) is 3.10. The molecule has 1 amide bonds. The fourth-order valence-corrected chi connectivity index (χ4v) is 3.58. The van der Waals surface area contributed by atoms with E-state index in [1.807, 2.05) is 30.9 Å². The van der Waals surface area contributed by atoms with Crippen LogP contribution in [0.4, 0.5) is 0 Å². The van der Waals surface area contributed by atoms with Crippen LogP contribution >= 0.6 is 0 Å². The van der Waals surface area contributed by atoms with Crippen LogP contribution in [0.25, 0.3) is 0 Å². The number of H-pyrrole nitrogens is 1. The lowest BCUT2D eigenvalue weighted by molar-refractivity contribution is -0.00710. The number of carbonyl (C=O) groups excluding carboxylic acids is 1. The molecular weight excluding hydrogens is 294 g/mol. The highest BCUT2D eigenvalue weighted by molar-refractivity contribution is 5.94. The summed E-state index contributed by atoms with van der Waals surface area (Å²) in [6, 6.07) is 3.88. The van der Waals surface area contributed by atoms with Crippen molar-refractivity contribution in [3.05, 3.63) is 41.1 Å². The largest absolute Gasteiger partial charge is 0.469 e. The van der Waals surface area contributed by atoms with E-state index in [1.165, 1.54) is 0 Å². The van der Waals surface area contributed by atoms with E-state index in [1.54, 1.807) is 6.26 Å². The standard InChI is InChI=1S/C17H21N3O3/c1-10-6-14-15(11(2)23-10)18-19-16(14)17(21)20-8-12(9-20)7-13-4-3-5-22-13/h3-5,10-12H,6-9H2,1-2H3,(H,18,19)/t10-,11+/m1/s1. The first-order valence-corrected chi connectivity index (χ1v) is 8.16. The lowest BCUT2D eigenvalue weighted by atomic mass is 9.93. The van der Waals surface area contributed by atoms with Crippen LogP contribution in [0.15, 0.2) is 22.8 Å². The van der Waals surface area contributed by atoms with E-state index in [9.17, 15) is 4.79 Å². The fraction of sp³-hybridized carbons (Fsp3) is 0.529. The van der Waals surface area contributed by atoms with E-state index in [2.05, 4.69) is 10.2 Å². The first-order chi connectivity index (χ1) is 11.1. The smallest absolute Gasteiger partial charge is 0.274 e. The molecule has 0 unspecified atom stereocenters. The van der Waals surface area contributed by atoms with Gasteiger partial charge in [0.15, 0.2) is 5.69 Å². The van der Waals surface area contributed by atoms with Crippen LogP contribution in [0.5, 0.6) is 0 Å². The Bertz CT molecular complexity index is 701. The number of nitrogens with zero attached hydrogens (tertiary/aromatic N) is 2. The maximum Gasteiger partial charge on any atom is 0.274 e. The first kappa shape index (κ1) is 14.5. The zero-order valence-corrected chi connectivity index (χ0v) is 13.4. The highest BCUT2D eigenvalue weighted by Crippen LogP contribution is 2.31. The van der Waals surface area contributed by atoms with Gasteiger partial charge in [0.1, 0.15) is 5.76 Å². The van der Waals surface area contributed by atoms with Crippen molar-refractivity contribution in [2.24, 2.45) is 5.92 Å². The van der Waals surface area contributed by atoms with Gasteiger partial charge in [-0.15, -0.1) is 0 Å². The molecule has 122 valence electrons. The van der Waals surface area contributed by atoms with Crippen molar-refractivity contribution in [2.75, 3.05) is 13.1 Å². The summed E-state index contributed by atoms with van der Waals surface area (Å²) in [5.41, 5.74) is 2.54. The van der Waals surface area contributed by atoms with Crippen LogP contribution in [-0.2, 0) is 17.6 Å². The number of nitrogens with one attached hydrogen (secondary N) is 1. The molecule has 2 aromatic heterocycles. The summed E-state index contributed by atoms with van der Waals surface area (Å²) in [6.07, 6.45) is 3.39. The first-order valence-electron chi connectivity index (χ1n) is 8.16. The van der Waals surface area contributed by atoms with E-state index in [0.29, 0.717) is 11.6 Å². The van der Waals surface area contributed by atoms with Crippen LogP contribution < -0.4 is 0 Å². The number of hydrogen-bond acceptors (Lipinski definition) is 4. The molecule has 6 nitrogen and oxygen atoms in total. The van der Waals surface area contributed by atoms with Crippen LogP contribution in [0.1, 0.15) is 47.5 Å². The van der Waals surface area contributed by atoms with Gasteiger partial charge >= 0.3 is 0 Å². The van der Waals surface area contributed by atoms with Gasteiger partial charge in [0.2, 0.25) is 0 Å². The van der Waals surface area contributed by atoms with Crippen LogP contribution in [0.2, 0.25) is 0 Å². The van der Waals surface area contributed by atoms with Crippen LogP contribution in [-0.4, -0.2) is 40.2 Å². The Balaban J connectivity index is 1.43. The van der Waals surface area contributed by atoms with Crippen LogP contribution in [0, 0.1) is 5.92 Å². The number of ether oxygens (including phenoxy) is 1.